The maximum atomic E-state index is 9.84. The summed E-state index contributed by atoms with van der Waals surface area (Å²) in [6, 6.07) is 0. The lowest BCUT2D eigenvalue weighted by molar-refractivity contribution is 0.0612. The molecular weight excluding hydrogens is 168 g/mol. The van der Waals surface area contributed by atoms with Crippen molar-refractivity contribution >= 4 is 0 Å². The van der Waals surface area contributed by atoms with E-state index in [-0.39, 0.29) is 0 Å². The zero-order valence-electron chi connectivity index (χ0n) is 8.28. The van der Waals surface area contributed by atoms with Crippen molar-refractivity contribution in [1.29, 1.82) is 0 Å². The van der Waals surface area contributed by atoms with Gasteiger partial charge in [0.05, 0.1) is 11.3 Å². The van der Waals surface area contributed by atoms with Crippen LogP contribution in [0.3, 0.4) is 0 Å². The molecule has 2 N–H and O–H groups in total. The third kappa shape index (κ3) is 3.12. The molecular formula is C8H16N4O. The third-order valence-electron chi connectivity index (χ3n) is 1.77. The van der Waals surface area contributed by atoms with Crippen LogP contribution in [-0.4, -0.2) is 39.3 Å². The van der Waals surface area contributed by atoms with Crippen LogP contribution in [0.4, 0.5) is 0 Å². The summed E-state index contributed by atoms with van der Waals surface area (Å²) in [6.45, 7) is 2.32. The number of hydrogen-bond acceptors (Lipinski definition) is 4. The lowest BCUT2D eigenvalue weighted by Gasteiger charge is -2.21. The topological polar surface area (TPSA) is 63.0 Å². The van der Waals surface area contributed by atoms with Crippen LogP contribution >= 0.6 is 0 Å². The van der Waals surface area contributed by atoms with Crippen molar-refractivity contribution < 1.29 is 5.11 Å². The standard InChI is InChI=1S/C8H16N4O/c1-8(13,6-9-2)4-7-5-12(3)11-10-7/h5,9,13H,4,6H2,1-3H3. The molecule has 1 aromatic rings. The van der Waals surface area contributed by atoms with E-state index in [1.54, 1.807) is 11.6 Å². The van der Waals surface area contributed by atoms with Gasteiger partial charge in [0.25, 0.3) is 0 Å². The Kier molecular flexibility index (Phi) is 3.00. The van der Waals surface area contributed by atoms with Gasteiger partial charge in [-0.3, -0.25) is 4.68 Å². The molecule has 74 valence electrons. The average Bonchev–Trinajstić information content (AvgIpc) is 2.34. The molecule has 0 aliphatic carbocycles. The molecule has 1 unspecified atom stereocenters. The van der Waals surface area contributed by atoms with Crippen LogP contribution in [0.2, 0.25) is 0 Å². The first-order valence-corrected chi connectivity index (χ1v) is 4.26. The number of likely N-dealkylation sites (N-methyl/N-ethyl adjacent to an activating group) is 1. The van der Waals surface area contributed by atoms with Gasteiger partial charge in [-0.25, -0.2) is 0 Å². The lowest BCUT2D eigenvalue weighted by Crippen LogP contribution is -2.38. The number of nitrogens with one attached hydrogen (secondary N) is 1. The van der Waals surface area contributed by atoms with Crippen LogP contribution in [0, 0.1) is 0 Å². The van der Waals surface area contributed by atoms with Gasteiger partial charge in [-0.05, 0) is 14.0 Å². The van der Waals surface area contributed by atoms with Crippen LogP contribution < -0.4 is 5.32 Å². The molecule has 0 saturated heterocycles. The number of rotatable bonds is 4. The molecule has 1 aromatic heterocycles. The Balaban J connectivity index is 2.57. The van der Waals surface area contributed by atoms with E-state index in [0.29, 0.717) is 13.0 Å². The summed E-state index contributed by atoms with van der Waals surface area (Å²) in [5.74, 6) is 0. The maximum Gasteiger partial charge on any atom is 0.0856 e. The molecule has 1 heterocycles. The minimum absolute atomic E-state index is 0.516. The van der Waals surface area contributed by atoms with Gasteiger partial charge in [0, 0.05) is 26.2 Å². The molecule has 5 nitrogen and oxygen atoms in total. The number of aryl methyl sites for hydroxylation is 1. The summed E-state index contributed by atoms with van der Waals surface area (Å²) in [4.78, 5) is 0. The van der Waals surface area contributed by atoms with Crippen molar-refractivity contribution in [2.24, 2.45) is 7.05 Å². The average molecular weight is 184 g/mol. The Morgan fingerprint density at radius 1 is 1.69 bits per heavy atom. The molecule has 1 atom stereocenters. The molecule has 0 fully saturated rings. The number of aliphatic hydroxyl groups is 1. The highest BCUT2D eigenvalue weighted by atomic mass is 16.3. The minimum Gasteiger partial charge on any atom is -0.388 e. The summed E-state index contributed by atoms with van der Waals surface area (Å²) in [5.41, 5.74) is 0.0490. The van der Waals surface area contributed by atoms with Crippen molar-refractivity contribution in [3.8, 4) is 0 Å². The third-order valence-corrected chi connectivity index (χ3v) is 1.77. The van der Waals surface area contributed by atoms with E-state index in [1.165, 1.54) is 0 Å². The van der Waals surface area contributed by atoms with E-state index < -0.39 is 5.60 Å². The predicted molar refractivity (Wildman–Crippen MR) is 49.3 cm³/mol. The van der Waals surface area contributed by atoms with E-state index in [9.17, 15) is 5.11 Å². The molecule has 0 aromatic carbocycles. The molecule has 0 saturated carbocycles. The van der Waals surface area contributed by atoms with Crippen molar-refractivity contribution in [2.45, 2.75) is 18.9 Å². The van der Waals surface area contributed by atoms with Gasteiger partial charge in [0.1, 0.15) is 0 Å². The quantitative estimate of drug-likeness (QED) is 0.651. The Morgan fingerprint density at radius 3 is 2.85 bits per heavy atom. The highest BCUT2D eigenvalue weighted by Crippen LogP contribution is 2.09. The number of nitrogens with zero attached hydrogens (tertiary/aromatic N) is 3. The molecule has 0 amide bonds. The van der Waals surface area contributed by atoms with Gasteiger partial charge in [0.15, 0.2) is 0 Å². The van der Waals surface area contributed by atoms with Crippen molar-refractivity contribution in [1.82, 2.24) is 20.3 Å². The first-order valence-electron chi connectivity index (χ1n) is 4.26. The molecule has 0 spiro atoms. The first kappa shape index (κ1) is 10.1. The summed E-state index contributed by atoms with van der Waals surface area (Å²) in [5, 5.41) is 20.5. The summed E-state index contributed by atoms with van der Waals surface area (Å²) >= 11 is 0. The Hall–Kier alpha value is -0.940. The number of aromatic nitrogens is 3. The van der Waals surface area contributed by atoms with Gasteiger partial charge >= 0.3 is 0 Å². The fourth-order valence-corrected chi connectivity index (χ4v) is 1.31. The van der Waals surface area contributed by atoms with Crippen molar-refractivity contribution in [2.75, 3.05) is 13.6 Å². The Morgan fingerprint density at radius 2 is 2.38 bits per heavy atom. The van der Waals surface area contributed by atoms with Gasteiger partial charge in [0.2, 0.25) is 0 Å². The lowest BCUT2D eigenvalue weighted by atomic mass is 10.0. The summed E-state index contributed by atoms with van der Waals surface area (Å²) in [6.07, 6.45) is 2.33. The highest BCUT2D eigenvalue weighted by molar-refractivity contribution is 4.98. The Labute approximate surface area is 77.8 Å². The van der Waals surface area contributed by atoms with Gasteiger partial charge in [-0.15, -0.1) is 5.10 Å². The normalized spacial score (nSPS) is 15.7. The second kappa shape index (κ2) is 3.85. The van der Waals surface area contributed by atoms with E-state index in [2.05, 4.69) is 15.6 Å². The SMILES string of the molecule is CNCC(C)(O)Cc1cn(C)nn1. The second-order valence-corrected chi connectivity index (χ2v) is 3.59. The van der Waals surface area contributed by atoms with Crippen molar-refractivity contribution in [3.63, 3.8) is 0 Å². The van der Waals surface area contributed by atoms with E-state index >= 15 is 0 Å². The zero-order valence-corrected chi connectivity index (χ0v) is 8.28. The molecule has 0 aliphatic rings. The fraction of sp³-hybridized carbons (Fsp3) is 0.750. The molecule has 0 radical (unpaired) electrons. The summed E-state index contributed by atoms with van der Waals surface area (Å²) < 4.78 is 1.63. The molecule has 13 heavy (non-hydrogen) atoms. The molecule has 0 aliphatic heterocycles. The molecule has 5 heteroatoms. The van der Waals surface area contributed by atoms with Crippen LogP contribution in [-0.2, 0) is 13.5 Å². The van der Waals surface area contributed by atoms with E-state index in [0.717, 1.165) is 5.69 Å². The van der Waals surface area contributed by atoms with Gasteiger partial charge in [-0.1, -0.05) is 5.21 Å². The second-order valence-electron chi connectivity index (χ2n) is 3.59. The number of hydrogen-bond donors (Lipinski definition) is 2. The van der Waals surface area contributed by atoms with Crippen LogP contribution in [0.5, 0.6) is 0 Å². The highest BCUT2D eigenvalue weighted by Gasteiger charge is 2.21. The summed E-state index contributed by atoms with van der Waals surface area (Å²) in [7, 11) is 3.62. The molecule has 1 rings (SSSR count). The molecule has 0 bridgehead atoms. The predicted octanol–water partition coefficient (Wildman–Crippen LogP) is -0.672. The van der Waals surface area contributed by atoms with Crippen LogP contribution in [0.25, 0.3) is 0 Å². The maximum absolute atomic E-state index is 9.84. The monoisotopic (exact) mass is 184 g/mol. The zero-order chi connectivity index (χ0) is 9.90. The minimum atomic E-state index is -0.759. The van der Waals surface area contributed by atoms with Crippen LogP contribution in [0.1, 0.15) is 12.6 Å². The van der Waals surface area contributed by atoms with E-state index in [1.807, 2.05) is 20.3 Å². The van der Waals surface area contributed by atoms with Crippen LogP contribution in [0.15, 0.2) is 6.20 Å². The fourth-order valence-electron chi connectivity index (χ4n) is 1.31. The van der Waals surface area contributed by atoms with Crippen molar-refractivity contribution in [3.05, 3.63) is 11.9 Å². The first-order chi connectivity index (χ1) is 6.03. The van der Waals surface area contributed by atoms with E-state index in [4.69, 9.17) is 0 Å². The van der Waals surface area contributed by atoms with Gasteiger partial charge < -0.3 is 10.4 Å². The largest absolute Gasteiger partial charge is 0.388 e. The Bertz CT molecular complexity index is 269. The van der Waals surface area contributed by atoms with Gasteiger partial charge in [-0.2, -0.15) is 0 Å². The smallest absolute Gasteiger partial charge is 0.0856 e.